The van der Waals surface area contributed by atoms with Crippen LogP contribution in [0.4, 0.5) is 0 Å². The van der Waals surface area contributed by atoms with E-state index < -0.39 is 35.7 Å². The molecular weight excluding hydrogens is 420 g/mol. The molecule has 1 aliphatic rings. The first-order valence-corrected chi connectivity index (χ1v) is 13.6. The lowest BCUT2D eigenvalue weighted by atomic mass is 9.74. The molecule has 0 heterocycles. The molecule has 192 valence electrons. The molecule has 1 fully saturated rings. The Labute approximate surface area is 200 Å². The summed E-state index contributed by atoms with van der Waals surface area (Å²) in [6, 6.07) is 0. The van der Waals surface area contributed by atoms with Gasteiger partial charge in [-0.3, -0.25) is 14.4 Å². The van der Waals surface area contributed by atoms with Gasteiger partial charge in [0.15, 0.2) is 0 Å². The van der Waals surface area contributed by atoms with Crippen LogP contribution in [-0.4, -0.2) is 34.7 Å². The predicted molar refractivity (Wildman–Crippen MR) is 130 cm³/mol. The Balaban J connectivity index is 1.95. The van der Waals surface area contributed by atoms with Gasteiger partial charge in [-0.25, -0.2) is 0 Å². The molecule has 6 heteroatoms. The number of carbonyl (C=O) groups is 3. The molecule has 33 heavy (non-hydrogen) atoms. The molecule has 2 N–H and O–H groups in total. The molecule has 1 aliphatic carbocycles. The van der Waals surface area contributed by atoms with Gasteiger partial charge in [0.2, 0.25) is 0 Å². The van der Waals surface area contributed by atoms with Gasteiger partial charge >= 0.3 is 17.9 Å². The van der Waals surface area contributed by atoms with E-state index in [0.29, 0.717) is 13.0 Å². The highest BCUT2D eigenvalue weighted by Gasteiger charge is 2.42. The molecule has 0 amide bonds. The third kappa shape index (κ3) is 13.6. The molecule has 0 saturated heterocycles. The van der Waals surface area contributed by atoms with Crippen molar-refractivity contribution in [3.05, 3.63) is 0 Å². The number of carboxylic acids is 2. The first kappa shape index (κ1) is 29.4. The number of carbonyl (C=O) groups excluding carboxylic acids is 1. The fourth-order valence-electron chi connectivity index (χ4n) is 4.88. The van der Waals surface area contributed by atoms with E-state index in [1.54, 1.807) is 0 Å². The molecule has 0 aromatic rings. The van der Waals surface area contributed by atoms with Crippen LogP contribution in [0.5, 0.6) is 0 Å². The summed E-state index contributed by atoms with van der Waals surface area (Å²) in [7, 11) is 0. The quantitative estimate of drug-likeness (QED) is 0.147. The van der Waals surface area contributed by atoms with Gasteiger partial charge in [0.05, 0.1) is 24.4 Å². The minimum Gasteiger partial charge on any atom is -0.481 e. The third-order valence-corrected chi connectivity index (χ3v) is 7.06. The van der Waals surface area contributed by atoms with Crippen molar-refractivity contribution in [2.45, 2.75) is 129 Å². The third-order valence-electron chi connectivity index (χ3n) is 7.06. The Bertz CT molecular complexity index is 547. The van der Waals surface area contributed by atoms with E-state index in [4.69, 9.17) is 9.84 Å². The van der Waals surface area contributed by atoms with Gasteiger partial charge in [0.1, 0.15) is 0 Å². The SMILES string of the molecule is CCCCCCCCCCCCCCCCCCOC(=O)C1CCC(C(=O)O)CC1C(=O)O. The molecule has 1 saturated carbocycles. The van der Waals surface area contributed by atoms with Gasteiger partial charge in [-0.15, -0.1) is 0 Å². The predicted octanol–water partition coefficient (Wildman–Crippen LogP) is 6.99. The smallest absolute Gasteiger partial charge is 0.309 e. The largest absolute Gasteiger partial charge is 0.481 e. The van der Waals surface area contributed by atoms with Crippen molar-refractivity contribution in [2.75, 3.05) is 6.61 Å². The molecule has 0 aliphatic heterocycles. The minimum atomic E-state index is -1.11. The van der Waals surface area contributed by atoms with Crippen LogP contribution in [0, 0.1) is 17.8 Å². The Morgan fingerprint density at radius 2 is 1.09 bits per heavy atom. The summed E-state index contributed by atoms with van der Waals surface area (Å²) in [5.41, 5.74) is 0. The summed E-state index contributed by atoms with van der Waals surface area (Å²) in [5.74, 6) is -4.94. The lowest BCUT2D eigenvalue weighted by Crippen LogP contribution is -2.38. The monoisotopic (exact) mass is 468 g/mol. The van der Waals surface area contributed by atoms with Crippen molar-refractivity contribution in [1.29, 1.82) is 0 Å². The zero-order valence-electron chi connectivity index (χ0n) is 20.9. The number of hydrogen-bond donors (Lipinski definition) is 2. The van der Waals surface area contributed by atoms with Crippen LogP contribution >= 0.6 is 0 Å². The second-order valence-electron chi connectivity index (χ2n) is 9.87. The van der Waals surface area contributed by atoms with Crippen LogP contribution in [0.3, 0.4) is 0 Å². The first-order valence-electron chi connectivity index (χ1n) is 13.6. The van der Waals surface area contributed by atoms with Crippen LogP contribution in [0.1, 0.15) is 129 Å². The van der Waals surface area contributed by atoms with Crippen molar-refractivity contribution >= 4 is 17.9 Å². The number of carboxylic acid groups (broad SMARTS) is 2. The van der Waals surface area contributed by atoms with E-state index in [1.807, 2.05) is 0 Å². The molecule has 3 atom stereocenters. The zero-order chi connectivity index (χ0) is 24.3. The number of rotatable bonds is 20. The van der Waals surface area contributed by atoms with Crippen LogP contribution in [0.2, 0.25) is 0 Å². The van der Waals surface area contributed by atoms with Crippen molar-refractivity contribution < 1.29 is 29.3 Å². The maximum atomic E-state index is 12.3. The summed E-state index contributed by atoms with van der Waals surface area (Å²) in [6.07, 6.45) is 21.1. The molecule has 6 nitrogen and oxygen atoms in total. The van der Waals surface area contributed by atoms with E-state index in [-0.39, 0.29) is 12.8 Å². The van der Waals surface area contributed by atoms with Gasteiger partial charge in [-0.1, -0.05) is 103 Å². The molecule has 0 aromatic carbocycles. The molecule has 0 spiro atoms. The number of esters is 1. The normalized spacial score (nSPS) is 20.5. The van der Waals surface area contributed by atoms with Gasteiger partial charge in [0.25, 0.3) is 0 Å². The maximum absolute atomic E-state index is 12.3. The van der Waals surface area contributed by atoms with Gasteiger partial charge in [-0.2, -0.15) is 0 Å². The standard InChI is InChI=1S/C27H48O6/c1-2-3-4-5-6-7-8-9-10-11-12-13-14-15-16-17-20-33-27(32)23-19-18-22(25(28)29)21-24(23)26(30)31/h22-24H,2-21H2,1H3,(H,28,29)(H,30,31). The highest BCUT2D eigenvalue weighted by molar-refractivity contribution is 5.82. The number of aliphatic carboxylic acids is 2. The van der Waals surface area contributed by atoms with E-state index in [9.17, 15) is 19.5 Å². The summed E-state index contributed by atoms with van der Waals surface area (Å²) in [6.45, 7) is 2.58. The number of unbranched alkanes of at least 4 members (excludes halogenated alkanes) is 15. The van der Waals surface area contributed by atoms with Gasteiger partial charge in [-0.05, 0) is 25.7 Å². The average Bonchev–Trinajstić information content (AvgIpc) is 2.80. The summed E-state index contributed by atoms with van der Waals surface area (Å²) in [5, 5.41) is 18.5. The molecule has 0 bridgehead atoms. The van der Waals surface area contributed by atoms with E-state index in [1.165, 1.54) is 83.5 Å². The minimum absolute atomic E-state index is 0.00345. The molecule has 3 unspecified atom stereocenters. The van der Waals surface area contributed by atoms with Crippen LogP contribution < -0.4 is 0 Å². The van der Waals surface area contributed by atoms with Crippen molar-refractivity contribution in [3.63, 3.8) is 0 Å². The van der Waals surface area contributed by atoms with Gasteiger partial charge in [0, 0.05) is 0 Å². The summed E-state index contributed by atoms with van der Waals surface area (Å²) >= 11 is 0. The maximum Gasteiger partial charge on any atom is 0.309 e. The van der Waals surface area contributed by atoms with Crippen molar-refractivity contribution in [1.82, 2.24) is 0 Å². The highest BCUT2D eigenvalue weighted by atomic mass is 16.5. The van der Waals surface area contributed by atoms with Crippen LogP contribution in [-0.2, 0) is 19.1 Å². The fraction of sp³-hybridized carbons (Fsp3) is 0.889. The average molecular weight is 469 g/mol. The topological polar surface area (TPSA) is 101 Å². The Morgan fingerprint density at radius 1 is 0.636 bits per heavy atom. The number of ether oxygens (including phenoxy) is 1. The number of hydrogen-bond acceptors (Lipinski definition) is 4. The van der Waals surface area contributed by atoms with Crippen molar-refractivity contribution in [2.24, 2.45) is 17.8 Å². The Kier molecular flexibility index (Phi) is 16.8. The second-order valence-corrected chi connectivity index (χ2v) is 9.87. The van der Waals surface area contributed by atoms with E-state index in [0.717, 1.165) is 19.3 Å². The summed E-state index contributed by atoms with van der Waals surface area (Å²) in [4.78, 5) is 34.9. The molecular formula is C27H48O6. The lowest BCUT2D eigenvalue weighted by Gasteiger charge is -2.30. The van der Waals surface area contributed by atoms with Crippen LogP contribution in [0.15, 0.2) is 0 Å². The van der Waals surface area contributed by atoms with Crippen molar-refractivity contribution in [3.8, 4) is 0 Å². The van der Waals surface area contributed by atoms with Crippen LogP contribution in [0.25, 0.3) is 0 Å². The Hall–Kier alpha value is -1.59. The Morgan fingerprint density at radius 3 is 1.52 bits per heavy atom. The van der Waals surface area contributed by atoms with E-state index in [2.05, 4.69) is 6.92 Å². The zero-order valence-corrected chi connectivity index (χ0v) is 20.9. The summed E-state index contributed by atoms with van der Waals surface area (Å²) < 4.78 is 5.33. The highest BCUT2D eigenvalue weighted by Crippen LogP contribution is 2.35. The molecule has 0 radical (unpaired) electrons. The molecule has 0 aromatic heterocycles. The molecule has 1 rings (SSSR count). The lowest BCUT2D eigenvalue weighted by molar-refractivity contribution is -0.163. The fourth-order valence-corrected chi connectivity index (χ4v) is 4.88. The first-order chi connectivity index (χ1) is 16.0. The van der Waals surface area contributed by atoms with E-state index >= 15 is 0 Å². The second kappa shape index (κ2) is 18.8. The van der Waals surface area contributed by atoms with Gasteiger partial charge < -0.3 is 14.9 Å².